The Hall–Kier alpha value is -1.10. The molecule has 0 spiro atoms. The molecule has 2 aromatic rings. The fraction of sp³-hybridized carbons (Fsp3) is 0.613. The molecule has 196 valence electrons. The number of aryl methyl sites for hydroxylation is 2. The topological polar surface area (TPSA) is 18.5 Å². The predicted molar refractivity (Wildman–Crippen MR) is 160 cm³/mol. The maximum absolute atomic E-state index is 6.45. The Bertz CT molecular complexity index is 943. The molecule has 2 unspecified atom stereocenters. The second kappa shape index (κ2) is 10.7. The van der Waals surface area contributed by atoms with Gasteiger partial charge in [0.25, 0.3) is 0 Å². The van der Waals surface area contributed by atoms with Crippen molar-refractivity contribution in [1.29, 1.82) is 0 Å². The van der Waals surface area contributed by atoms with E-state index < -0.39 is 0 Å². The number of rotatable bonds is 6. The summed E-state index contributed by atoms with van der Waals surface area (Å²) in [5.74, 6) is 3.00. The van der Waals surface area contributed by atoms with E-state index in [-0.39, 0.29) is 21.7 Å². The third kappa shape index (κ3) is 7.94. The van der Waals surface area contributed by atoms with E-state index in [9.17, 15) is 0 Å². The summed E-state index contributed by atoms with van der Waals surface area (Å²) in [6.45, 7) is 31.6. The summed E-state index contributed by atoms with van der Waals surface area (Å²) in [7, 11) is 0.746. The lowest BCUT2D eigenvalue weighted by atomic mass is 9.79. The van der Waals surface area contributed by atoms with Gasteiger partial charge in [-0.05, 0) is 57.8 Å². The minimum Gasteiger partial charge on any atom is -0.476 e. The third-order valence-electron chi connectivity index (χ3n) is 6.39. The Kier molecular flexibility index (Phi) is 9.22. The van der Waals surface area contributed by atoms with E-state index in [1.54, 1.807) is 0 Å². The van der Waals surface area contributed by atoms with Crippen molar-refractivity contribution in [3.63, 3.8) is 0 Å². The Labute approximate surface area is 220 Å². The molecule has 0 fully saturated rings. The zero-order chi connectivity index (χ0) is 27.0. The van der Waals surface area contributed by atoms with Crippen molar-refractivity contribution in [2.24, 2.45) is 0 Å². The van der Waals surface area contributed by atoms with Crippen molar-refractivity contribution in [3.05, 3.63) is 57.6 Å². The average Bonchev–Trinajstić information content (AvgIpc) is 2.65. The lowest BCUT2D eigenvalue weighted by Gasteiger charge is -2.29. The summed E-state index contributed by atoms with van der Waals surface area (Å²) in [4.78, 5) is 0. The zero-order valence-electron chi connectivity index (χ0n) is 24.8. The van der Waals surface area contributed by atoms with Gasteiger partial charge >= 0.3 is 0 Å². The quantitative estimate of drug-likeness (QED) is 0.281. The summed E-state index contributed by atoms with van der Waals surface area (Å²) < 4.78 is 12.9. The first kappa shape index (κ1) is 30.1. The van der Waals surface area contributed by atoms with E-state index in [2.05, 4.69) is 121 Å². The van der Waals surface area contributed by atoms with Crippen molar-refractivity contribution in [2.45, 2.75) is 119 Å². The highest BCUT2D eigenvalue weighted by molar-refractivity contribution is 7.51. The minimum atomic E-state index is 0.0259. The number of benzene rings is 2. The van der Waals surface area contributed by atoms with Gasteiger partial charge in [-0.15, -0.1) is 0 Å². The second-order valence-corrected chi connectivity index (χ2v) is 16.4. The molecule has 2 rings (SSSR count). The van der Waals surface area contributed by atoms with Gasteiger partial charge < -0.3 is 9.05 Å². The highest BCUT2D eigenvalue weighted by atomic mass is 31.1. The number of hydrogen-bond donors (Lipinski definition) is 0. The van der Waals surface area contributed by atoms with Gasteiger partial charge in [-0.2, -0.15) is 0 Å². The molecule has 2 nitrogen and oxygen atoms in total. The molecule has 0 saturated heterocycles. The molecular weight excluding hydrogens is 466 g/mol. The van der Waals surface area contributed by atoms with E-state index in [1.807, 2.05) is 0 Å². The van der Waals surface area contributed by atoms with Crippen LogP contribution in [-0.2, 0) is 21.7 Å². The summed E-state index contributed by atoms with van der Waals surface area (Å²) in [5.41, 5.74) is 8.05. The molecule has 0 aliphatic rings. The zero-order valence-corrected chi connectivity index (χ0v) is 26.8. The van der Waals surface area contributed by atoms with Crippen molar-refractivity contribution < 1.29 is 9.05 Å². The van der Waals surface area contributed by atoms with Crippen LogP contribution >= 0.6 is 17.6 Å². The van der Waals surface area contributed by atoms with Crippen molar-refractivity contribution in [1.82, 2.24) is 0 Å². The smallest absolute Gasteiger partial charge is 0.129 e. The molecule has 0 bridgehead atoms. The average molecular weight is 517 g/mol. The standard InChI is InChI=1S/C31H50O2P2/c1-20-15-22(28(3,4)5)17-24(30(9,10)11)26(20)32-34-19-35-33-27-21(2)16-23(29(6,7)8)18-25(27)31(12,13)14/h15-18,34-35H,19H2,1-14H3. The lowest BCUT2D eigenvalue weighted by Crippen LogP contribution is -2.18. The monoisotopic (exact) mass is 516 g/mol. The maximum atomic E-state index is 6.45. The van der Waals surface area contributed by atoms with E-state index in [4.69, 9.17) is 9.05 Å². The minimum absolute atomic E-state index is 0.0259. The second-order valence-electron chi connectivity index (χ2n) is 14.0. The fourth-order valence-corrected chi connectivity index (χ4v) is 5.69. The Balaban J connectivity index is 2.18. The van der Waals surface area contributed by atoms with Gasteiger partial charge in [-0.1, -0.05) is 107 Å². The highest BCUT2D eigenvalue weighted by Gasteiger charge is 2.26. The summed E-state index contributed by atoms with van der Waals surface area (Å²) in [6.07, 6.45) is 0. The van der Waals surface area contributed by atoms with Crippen LogP contribution in [0.3, 0.4) is 0 Å². The summed E-state index contributed by atoms with van der Waals surface area (Å²) >= 11 is 0. The molecule has 0 heterocycles. The summed E-state index contributed by atoms with van der Waals surface area (Å²) in [6, 6.07) is 9.29. The first-order valence-electron chi connectivity index (χ1n) is 12.8. The fourth-order valence-electron chi connectivity index (χ4n) is 4.05. The molecule has 0 amide bonds. The van der Waals surface area contributed by atoms with E-state index in [1.165, 1.54) is 33.4 Å². The normalized spacial score (nSPS) is 13.9. The summed E-state index contributed by atoms with van der Waals surface area (Å²) in [5, 5.41) is 0. The van der Waals surface area contributed by atoms with Gasteiger partial charge in [0.1, 0.15) is 11.5 Å². The molecule has 4 heteroatoms. The van der Waals surface area contributed by atoms with Crippen LogP contribution in [0.1, 0.15) is 116 Å². The van der Waals surface area contributed by atoms with Gasteiger partial charge in [0.15, 0.2) is 0 Å². The van der Waals surface area contributed by atoms with E-state index >= 15 is 0 Å². The molecule has 0 radical (unpaired) electrons. The van der Waals surface area contributed by atoms with E-state index in [0.717, 1.165) is 17.4 Å². The van der Waals surface area contributed by atoms with Crippen molar-refractivity contribution in [2.75, 3.05) is 5.90 Å². The Morgan fingerprint density at radius 1 is 0.514 bits per heavy atom. The number of hydrogen-bond acceptors (Lipinski definition) is 2. The van der Waals surface area contributed by atoms with Crippen LogP contribution in [0, 0.1) is 13.8 Å². The van der Waals surface area contributed by atoms with Crippen LogP contribution in [0.5, 0.6) is 11.5 Å². The molecule has 0 saturated carbocycles. The molecule has 0 aliphatic heterocycles. The maximum Gasteiger partial charge on any atom is 0.129 e. The van der Waals surface area contributed by atoms with Crippen molar-refractivity contribution in [3.8, 4) is 11.5 Å². The lowest BCUT2D eigenvalue weighted by molar-refractivity contribution is 0.527. The molecular formula is C31H50O2P2. The van der Waals surface area contributed by atoms with Gasteiger partial charge in [0.2, 0.25) is 0 Å². The van der Waals surface area contributed by atoms with Crippen LogP contribution in [0.4, 0.5) is 0 Å². The van der Waals surface area contributed by atoms with Gasteiger partial charge in [-0.3, -0.25) is 0 Å². The molecule has 2 atom stereocenters. The molecule has 0 N–H and O–H groups in total. The van der Waals surface area contributed by atoms with Crippen LogP contribution < -0.4 is 9.05 Å². The van der Waals surface area contributed by atoms with Crippen LogP contribution in [-0.4, -0.2) is 5.90 Å². The Morgan fingerprint density at radius 3 is 1.09 bits per heavy atom. The van der Waals surface area contributed by atoms with Crippen LogP contribution in [0.2, 0.25) is 0 Å². The molecule has 0 aliphatic carbocycles. The van der Waals surface area contributed by atoms with Crippen LogP contribution in [0.25, 0.3) is 0 Å². The van der Waals surface area contributed by atoms with E-state index in [0.29, 0.717) is 17.6 Å². The largest absolute Gasteiger partial charge is 0.476 e. The van der Waals surface area contributed by atoms with Gasteiger partial charge in [0, 0.05) is 11.1 Å². The first-order chi connectivity index (χ1) is 15.7. The van der Waals surface area contributed by atoms with Crippen molar-refractivity contribution >= 4 is 17.6 Å². The van der Waals surface area contributed by atoms with Crippen LogP contribution in [0.15, 0.2) is 24.3 Å². The third-order valence-corrected chi connectivity index (χ3v) is 8.24. The molecule has 2 aromatic carbocycles. The molecule has 35 heavy (non-hydrogen) atoms. The predicted octanol–water partition coefficient (Wildman–Crippen LogP) is 10.1. The van der Waals surface area contributed by atoms with Gasteiger partial charge in [-0.25, -0.2) is 0 Å². The SMILES string of the molecule is Cc1cc(C(C)(C)C)cc(C(C)(C)C)c1OPCPOc1c(C)cc(C(C)(C)C)cc1C(C)(C)C. The van der Waals surface area contributed by atoms with Gasteiger partial charge in [0.05, 0.1) is 23.5 Å². The Morgan fingerprint density at radius 2 is 0.829 bits per heavy atom. The highest BCUT2D eigenvalue weighted by Crippen LogP contribution is 2.43. The molecule has 0 aromatic heterocycles. The first-order valence-corrected chi connectivity index (χ1v) is 15.1.